The maximum Gasteiger partial charge on any atom is 0.274 e. The average Bonchev–Trinajstić information content (AvgIpc) is 3.32. The fourth-order valence-corrected chi connectivity index (χ4v) is 3.94. The van der Waals surface area contributed by atoms with Crippen molar-refractivity contribution in [1.82, 2.24) is 14.7 Å². The van der Waals surface area contributed by atoms with E-state index in [9.17, 15) is 14.9 Å². The van der Waals surface area contributed by atoms with Gasteiger partial charge in [0.1, 0.15) is 0 Å². The Labute approximate surface area is 156 Å². The van der Waals surface area contributed by atoms with E-state index in [0.717, 1.165) is 19.4 Å². The lowest BCUT2D eigenvalue weighted by atomic mass is 9.98. The lowest BCUT2D eigenvalue weighted by molar-refractivity contribution is -0.384. The number of nitro benzene ring substituents is 1. The first-order valence-electron chi connectivity index (χ1n) is 8.38. The Bertz CT molecular complexity index is 822. The normalized spacial score (nSPS) is 24.2. The van der Waals surface area contributed by atoms with Crippen LogP contribution in [0.2, 0.25) is 0 Å². The number of hydrogen-bond acceptors (Lipinski definition) is 5. The highest BCUT2D eigenvalue weighted by atomic mass is 35.5. The smallest absolute Gasteiger partial charge is 0.274 e. The van der Waals surface area contributed by atoms with Crippen molar-refractivity contribution in [3.05, 3.63) is 52.3 Å². The summed E-state index contributed by atoms with van der Waals surface area (Å²) >= 11 is 0. The van der Waals surface area contributed by atoms with Gasteiger partial charge < -0.3 is 10.6 Å². The zero-order valence-electron chi connectivity index (χ0n) is 14.0. The van der Waals surface area contributed by atoms with E-state index in [1.807, 2.05) is 4.90 Å². The van der Waals surface area contributed by atoms with Gasteiger partial charge in [0.25, 0.3) is 11.6 Å². The van der Waals surface area contributed by atoms with E-state index in [2.05, 4.69) is 5.10 Å². The van der Waals surface area contributed by atoms with Gasteiger partial charge in [-0.2, -0.15) is 5.10 Å². The molecular formula is C17H20ClN5O3. The predicted molar refractivity (Wildman–Crippen MR) is 97.6 cm³/mol. The highest BCUT2D eigenvalue weighted by Crippen LogP contribution is 2.37. The van der Waals surface area contributed by atoms with E-state index in [1.165, 1.54) is 12.1 Å². The Kier molecular flexibility index (Phi) is 4.97. The second-order valence-electron chi connectivity index (χ2n) is 6.79. The van der Waals surface area contributed by atoms with Crippen LogP contribution in [0.25, 0.3) is 5.69 Å². The second-order valence-corrected chi connectivity index (χ2v) is 6.79. The summed E-state index contributed by atoms with van der Waals surface area (Å²) in [4.78, 5) is 24.8. The molecule has 1 aromatic heterocycles. The molecule has 2 aromatic rings. The average molecular weight is 378 g/mol. The molecule has 1 amide bonds. The van der Waals surface area contributed by atoms with E-state index >= 15 is 0 Å². The van der Waals surface area contributed by atoms with Crippen LogP contribution in [-0.4, -0.2) is 44.6 Å². The molecule has 9 heteroatoms. The van der Waals surface area contributed by atoms with Crippen LogP contribution in [0.15, 0.2) is 36.5 Å². The molecule has 0 bridgehead atoms. The summed E-state index contributed by atoms with van der Waals surface area (Å²) in [5, 5.41) is 15.1. The fourth-order valence-electron chi connectivity index (χ4n) is 3.94. The molecular weight excluding hydrogens is 358 g/mol. The summed E-state index contributed by atoms with van der Waals surface area (Å²) in [5.74, 6) is 0.832. The van der Waals surface area contributed by atoms with Gasteiger partial charge in [-0.15, -0.1) is 12.4 Å². The quantitative estimate of drug-likeness (QED) is 0.650. The number of nitro groups is 1. The Balaban J connectivity index is 0.00000196. The molecule has 3 unspecified atom stereocenters. The maximum atomic E-state index is 12.7. The summed E-state index contributed by atoms with van der Waals surface area (Å²) in [5.41, 5.74) is 7.20. The molecule has 0 radical (unpaired) electrons. The molecule has 26 heavy (non-hydrogen) atoms. The number of carbonyl (C=O) groups excluding carboxylic acids is 1. The van der Waals surface area contributed by atoms with Crippen LogP contribution < -0.4 is 5.73 Å². The Hall–Kier alpha value is -2.45. The van der Waals surface area contributed by atoms with Gasteiger partial charge in [-0.25, -0.2) is 4.68 Å². The van der Waals surface area contributed by atoms with Gasteiger partial charge >= 0.3 is 0 Å². The Morgan fingerprint density at radius 1 is 1.19 bits per heavy atom. The monoisotopic (exact) mass is 377 g/mol. The standard InChI is InChI=1S/C17H19N5O3.ClH/c18-15-6-1-11-9-20(10-14(11)15)17(23)16-7-8-21(19-16)12-2-4-13(5-3-12)22(24)25;/h2-5,7-8,11,14-15H,1,6,9-10,18H2;1H. The minimum Gasteiger partial charge on any atom is -0.337 e. The lowest BCUT2D eigenvalue weighted by Gasteiger charge is -2.17. The first-order valence-corrected chi connectivity index (χ1v) is 8.38. The van der Waals surface area contributed by atoms with Gasteiger partial charge in [0.2, 0.25) is 0 Å². The van der Waals surface area contributed by atoms with Crippen LogP contribution >= 0.6 is 12.4 Å². The minimum atomic E-state index is -0.448. The van der Waals surface area contributed by atoms with Gasteiger partial charge in [0, 0.05) is 37.5 Å². The molecule has 8 nitrogen and oxygen atoms in total. The van der Waals surface area contributed by atoms with Crippen LogP contribution in [0.4, 0.5) is 5.69 Å². The Morgan fingerprint density at radius 2 is 1.92 bits per heavy atom. The molecule has 4 rings (SSSR count). The zero-order valence-corrected chi connectivity index (χ0v) is 14.8. The van der Waals surface area contributed by atoms with Crippen LogP contribution in [0, 0.1) is 22.0 Å². The van der Waals surface area contributed by atoms with Crippen molar-refractivity contribution in [2.24, 2.45) is 17.6 Å². The number of nitrogens with two attached hydrogens (primary N) is 1. The molecule has 1 aliphatic carbocycles. The number of benzene rings is 1. The molecule has 138 valence electrons. The van der Waals surface area contributed by atoms with Gasteiger partial charge in [0.15, 0.2) is 5.69 Å². The molecule has 1 aliphatic heterocycles. The second kappa shape index (κ2) is 7.05. The van der Waals surface area contributed by atoms with Crippen molar-refractivity contribution in [2.45, 2.75) is 18.9 Å². The molecule has 2 heterocycles. The third kappa shape index (κ3) is 3.17. The van der Waals surface area contributed by atoms with E-state index < -0.39 is 4.92 Å². The number of nitrogens with zero attached hydrogens (tertiary/aromatic N) is 4. The van der Waals surface area contributed by atoms with E-state index in [1.54, 1.807) is 29.1 Å². The molecule has 1 saturated carbocycles. The van der Waals surface area contributed by atoms with Gasteiger partial charge in [-0.05, 0) is 42.9 Å². The molecule has 1 saturated heterocycles. The molecule has 3 atom stereocenters. The largest absolute Gasteiger partial charge is 0.337 e. The highest BCUT2D eigenvalue weighted by Gasteiger charge is 2.42. The lowest BCUT2D eigenvalue weighted by Crippen LogP contribution is -2.33. The number of aromatic nitrogens is 2. The number of halogens is 1. The third-order valence-electron chi connectivity index (χ3n) is 5.33. The minimum absolute atomic E-state index is 0. The molecule has 0 spiro atoms. The third-order valence-corrected chi connectivity index (χ3v) is 5.33. The highest BCUT2D eigenvalue weighted by molar-refractivity contribution is 5.92. The molecule has 2 aliphatic rings. The van der Waals surface area contributed by atoms with Gasteiger partial charge in [-0.3, -0.25) is 14.9 Å². The number of likely N-dealkylation sites (tertiary alicyclic amines) is 1. The van der Waals surface area contributed by atoms with Crippen molar-refractivity contribution in [2.75, 3.05) is 13.1 Å². The Morgan fingerprint density at radius 3 is 2.58 bits per heavy atom. The van der Waals surface area contributed by atoms with Crippen LogP contribution in [0.3, 0.4) is 0 Å². The van der Waals surface area contributed by atoms with Crippen LogP contribution in [0.5, 0.6) is 0 Å². The van der Waals surface area contributed by atoms with Crippen molar-refractivity contribution >= 4 is 24.0 Å². The first-order chi connectivity index (χ1) is 12.0. The summed E-state index contributed by atoms with van der Waals surface area (Å²) in [7, 11) is 0. The van der Waals surface area contributed by atoms with Crippen LogP contribution in [-0.2, 0) is 0 Å². The SMILES string of the molecule is Cl.NC1CCC2CN(C(=O)c3ccn(-c4ccc([N+](=O)[O-])cc4)n3)CC12. The molecule has 2 N–H and O–H groups in total. The van der Waals surface area contributed by atoms with Crippen molar-refractivity contribution in [3.63, 3.8) is 0 Å². The molecule has 2 fully saturated rings. The number of fused-ring (bicyclic) bond motifs is 1. The first kappa shape index (κ1) is 18.3. The van der Waals surface area contributed by atoms with Gasteiger partial charge in [-0.1, -0.05) is 0 Å². The summed E-state index contributed by atoms with van der Waals surface area (Å²) < 4.78 is 1.56. The number of carbonyl (C=O) groups is 1. The van der Waals surface area contributed by atoms with Crippen LogP contribution in [0.1, 0.15) is 23.3 Å². The van der Waals surface area contributed by atoms with Gasteiger partial charge in [0.05, 0.1) is 10.6 Å². The zero-order chi connectivity index (χ0) is 17.6. The number of non-ortho nitro benzene ring substituents is 1. The predicted octanol–water partition coefficient (Wildman–Crippen LogP) is 2.01. The number of rotatable bonds is 3. The number of amides is 1. The molecule has 1 aromatic carbocycles. The maximum absolute atomic E-state index is 12.7. The van der Waals surface area contributed by atoms with E-state index in [0.29, 0.717) is 29.8 Å². The summed E-state index contributed by atoms with van der Waals surface area (Å²) in [6.07, 6.45) is 3.83. The summed E-state index contributed by atoms with van der Waals surface area (Å²) in [6.45, 7) is 1.46. The van der Waals surface area contributed by atoms with Crippen molar-refractivity contribution in [3.8, 4) is 5.69 Å². The topological polar surface area (TPSA) is 107 Å². The van der Waals surface area contributed by atoms with Crippen molar-refractivity contribution < 1.29 is 9.72 Å². The van der Waals surface area contributed by atoms with E-state index in [4.69, 9.17) is 5.73 Å². The van der Waals surface area contributed by atoms with E-state index in [-0.39, 0.29) is 30.0 Å². The van der Waals surface area contributed by atoms with Crippen molar-refractivity contribution in [1.29, 1.82) is 0 Å². The summed E-state index contributed by atoms with van der Waals surface area (Å²) in [6, 6.07) is 7.93. The fraction of sp³-hybridized carbons (Fsp3) is 0.412. The number of hydrogen-bond donors (Lipinski definition) is 1.